The van der Waals surface area contributed by atoms with Crippen LogP contribution in [0.4, 0.5) is 23.1 Å². The maximum atomic E-state index is 11.8. The predicted molar refractivity (Wildman–Crippen MR) is 108 cm³/mol. The highest BCUT2D eigenvalue weighted by molar-refractivity contribution is 5.90. The van der Waals surface area contributed by atoms with E-state index >= 15 is 0 Å². The van der Waals surface area contributed by atoms with Gasteiger partial charge in [-0.15, -0.1) is 0 Å². The van der Waals surface area contributed by atoms with Gasteiger partial charge >= 0.3 is 0 Å². The smallest absolute Gasteiger partial charge is 0.229 e. The molecule has 2 N–H and O–H groups in total. The lowest BCUT2D eigenvalue weighted by atomic mass is 10.2. The minimum Gasteiger partial charge on any atom is -0.357 e. The average Bonchev–Trinajstić information content (AvgIpc) is 2.62. The zero-order chi connectivity index (χ0) is 18.9. The number of aryl methyl sites for hydroxylation is 1. The first-order valence-electron chi connectivity index (χ1n) is 9.33. The summed E-state index contributed by atoms with van der Waals surface area (Å²) in [6.45, 7) is 10.1. The van der Waals surface area contributed by atoms with Crippen LogP contribution >= 0.6 is 0 Å². The van der Waals surface area contributed by atoms with Crippen LogP contribution in [0.25, 0.3) is 0 Å². The molecule has 0 spiro atoms. The van der Waals surface area contributed by atoms with Gasteiger partial charge in [0.2, 0.25) is 11.9 Å². The highest BCUT2D eigenvalue weighted by atomic mass is 16.1. The molecule has 1 aromatic heterocycles. The first-order chi connectivity index (χ1) is 12.5. The average molecular weight is 355 g/mol. The Morgan fingerprint density at radius 1 is 1.04 bits per heavy atom. The molecule has 140 valence electrons. The standard InChI is InChI=1S/C20H29N5O/c1-5-8-9-19(26)22-16-10-12-17(13-11-16)23-20-21-15(4)14-18(24-20)25(6-2)7-3/h10-14H,5-9H2,1-4H3,(H,22,26)(H,21,23,24). The van der Waals surface area contributed by atoms with Crippen molar-refractivity contribution < 1.29 is 4.79 Å². The van der Waals surface area contributed by atoms with Crippen molar-refractivity contribution >= 4 is 29.0 Å². The van der Waals surface area contributed by atoms with Gasteiger partial charge < -0.3 is 15.5 Å². The van der Waals surface area contributed by atoms with Gasteiger partial charge in [0, 0.05) is 42.6 Å². The molecule has 0 saturated carbocycles. The molecule has 6 nitrogen and oxygen atoms in total. The molecule has 0 radical (unpaired) electrons. The molecule has 2 aromatic rings. The molecule has 0 atom stereocenters. The highest BCUT2D eigenvalue weighted by Gasteiger charge is 2.08. The minimum atomic E-state index is 0.0541. The summed E-state index contributed by atoms with van der Waals surface area (Å²) in [6, 6.07) is 9.59. The van der Waals surface area contributed by atoms with E-state index in [1.165, 1.54) is 0 Å². The maximum Gasteiger partial charge on any atom is 0.229 e. The molecule has 1 amide bonds. The fourth-order valence-electron chi connectivity index (χ4n) is 2.64. The Morgan fingerprint density at radius 3 is 2.31 bits per heavy atom. The fourth-order valence-corrected chi connectivity index (χ4v) is 2.64. The zero-order valence-corrected chi connectivity index (χ0v) is 16.2. The molecule has 6 heteroatoms. The highest BCUT2D eigenvalue weighted by Crippen LogP contribution is 2.20. The molecular formula is C20H29N5O. The first kappa shape index (κ1) is 19.7. The fraction of sp³-hybridized carbons (Fsp3) is 0.450. The van der Waals surface area contributed by atoms with Gasteiger partial charge in [0.05, 0.1) is 0 Å². The van der Waals surface area contributed by atoms with Crippen LogP contribution in [0, 0.1) is 6.92 Å². The number of carbonyl (C=O) groups excluding carboxylic acids is 1. The van der Waals surface area contributed by atoms with Crippen molar-refractivity contribution in [3.05, 3.63) is 36.0 Å². The van der Waals surface area contributed by atoms with Crippen LogP contribution in [-0.4, -0.2) is 29.0 Å². The van der Waals surface area contributed by atoms with Gasteiger partial charge in [-0.25, -0.2) is 4.98 Å². The predicted octanol–water partition coefficient (Wildman–Crippen LogP) is 4.50. The minimum absolute atomic E-state index is 0.0541. The normalized spacial score (nSPS) is 10.5. The van der Waals surface area contributed by atoms with Crippen molar-refractivity contribution in [2.75, 3.05) is 28.6 Å². The number of unbranched alkanes of at least 4 members (excludes halogenated alkanes) is 1. The van der Waals surface area contributed by atoms with Crippen molar-refractivity contribution in [2.24, 2.45) is 0 Å². The second-order valence-corrected chi connectivity index (χ2v) is 6.22. The monoisotopic (exact) mass is 355 g/mol. The zero-order valence-electron chi connectivity index (χ0n) is 16.2. The Bertz CT molecular complexity index is 711. The number of hydrogen-bond acceptors (Lipinski definition) is 5. The van der Waals surface area contributed by atoms with E-state index in [1.54, 1.807) is 0 Å². The molecule has 1 heterocycles. The van der Waals surface area contributed by atoms with Crippen molar-refractivity contribution in [3.8, 4) is 0 Å². The van der Waals surface area contributed by atoms with Crippen molar-refractivity contribution in [2.45, 2.75) is 47.0 Å². The molecular weight excluding hydrogens is 326 g/mol. The van der Waals surface area contributed by atoms with Gasteiger partial charge in [-0.2, -0.15) is 4.98 Å². The van der Waals surface area contributed by atoms with Crippen molar-refractivity contribution in [1.82, 2.24) is 9.97 Å². The SMILES string of the molecule is CCCCC(=O)Nc1ccc(Nc2nc(C)cc(N(CC)CC)n2)cc1. The van der Waals surface area contributed by atoms with Crippen LogP contribution in [0.1, 0.15) is 45.7 Å². The number of aromatic nitrogens is 2. The summed E-state index contributed by atoms with van der Waals surface area (Å²) in [4.78, 5) is 23.1. The second-order valence-electron chi connectivity index (χ2n) is 6.22. The third kappa shape index (κ3) is 5.72. The van der Waals surface area contributed by atoms with E-state index in [1.807, 2.05) is 37.3 Å². The number of anilines is 4. The van der Waals surface area contributed by atoms with Gasteiger partial charge in [-0.05, 0) is 51.5 Å². The third-order valence-corrected chi connectivity index (χ3v) is 4.11. The molecule has 0 saturated heterocycles. The number of rotatable bonds is 9. The molecule has 0 aliphatic heterocycles. The molecule has 0 bridgehead atoms. The summed E-state index contributed by atoms with van der Waals surface area (Å²) in [5.41, 5.74) is 2.60. The first-order valence-corrected chi connectivity index (χ1v) is 9.33. The van der Waals surface area contributed by atoms with E-state index < -0.39 is 0 Å². The van der Waals surface area contributed by atoms with Crippen LogP contribution in [0.3, 0.4) is 0 Å². The molecule has 26 heavy (non-hydrogen) atoms. The van der Waals surface area contributed by atoms with Crippen molar-refractivity contribution in [1.29, 1.82) is 0 Å². The van der Waals surface area contributed by atoms with Gasteiger partial charge in [0.1, 0.15) is 5.82 Å². The van der Waals surface area contributed by atoms with Gasteiger partial charge in [0.25, 0.3) is 0 Å². The number of benzene rings is 1. The van der Waals surface area contributed by atoms with E-state index in [2.05, 4.69) is 46.3 Å². The van der Waals surface area contributed by atoms with Crippen LogP contribution in [0.2, 0.25) is 0 Å². The second kappa shape index (κ2) is 9.75. The molecule has 0 fully saturated rings. The van der Waals surface area contributed by atoms with E-state index in [-0.39, 0.29) is 5.91 Å². The topological polar surface area (TPSA) is 70.2 Å². The molecule has 0 aliphatic carbocycles. The lowest BCUT2D eigenvalue weighted by molar-refractivity contribution is -0.116. The van der Waals surface area contributed by atoms with Gasteiger partial charge in [-0.3, -0.25) is 4.79 Å². The summed E-state index contributed by atoms with van der Waals surface area (Å²) in [5, 5.41) is 6.15. The third-order valence-electron chi connectivity index (χ3n) is 4.11. The summed E-state index contributed by atoms with van der Waals surface area (Å²) in [7, 11) is 0. The number of amides is 1. The summed E-state index contributed by atoms with van der Waals surface area (Å²) < 4.78 is 0. The number of hydrogen-bond donors (Lipinski definition) is 2. The number of nitrogens with zero attached hydrogens (tertiary/aromatic N) is 3. The summed E-state index contributed by atoms with van der Waals surface area (Å²) in [5.74, 6) is 1.55. The van der Waals surface area contributed by atoms with E-state index in [0.29, 0.717) is 12.4 Å². The van der Waals surface area contributed by atoms with Crippen LogP contribution < -0.4 is 15.5 Å². The maximum absolute atomic E-state index is 11.8. The van der Waals surface area contributed by atoms with E-state index in [9.17, 15) is 4.79 Å². The largest absolute Gasteiger partial charge is 0.357 e. The Morgan fingerprint density at radius 2 is 1.69 bits per heavy atom. The summed E-state index contributed by atoms with van der Waals surface area (Å²) in [6.07, 6.45) is 2.48. The lowest BCUT2D eigenvalue weighted by Crippen LogP contribution is -2.23. The Kier molecular flexibility index (Phi) is 7.38. The number of nitrogens with one attached hydrogen (secondary N) is 2. The Balaban J connectivity index is 2.05. The van der Waals surface area contributed by atoms with Crippen molar-refractivity contribution in [3.63, 3.8) is 0 Å². The molecule has 0 unspecified atom stereocenters. The Hall–Kier alpha value is -2.63. The number of carbonyl (C=O) groups is 1. The van der Waals surface area contributed by atoms with Crippen LogP contribution in [0.15, 0.2) is 30.3 Å². The quantitative estimate of drug-likeness (QED) is 0.693. The van der Waals surface area contributed by atoms with E-state index in [4.69, 9.17) is 0 Å². The summed E-state index contributed by atoms with van der Waals surface area (Å²) >= 11 is 0. The van der Waals surface area contributed by atoms with Crippen LogP contribution in [0.5, 0.6) is 0 Å². The molecule has 2 rings (SSSR count). The molecule has 0 aliphatic rings. The Labute approximate surface area is 156 Å². The van der Waals surface area contributed by atoms with Gasteiger partial charge in [0.15, 0.2) is 0 Å². The molecule has 1 aromatic carbocycles. The lowest BCUT2D eigenvalue weighted by Gasteiger charge is -2.20. The van der Waals surface area contributed by atoms with Gasteiger partial charge in [-0.1, -0.05) is 13.3 Å². The van der Waals surface area contributed by atoms with Crippen LogP contribution in [-0.2, 0) is 4.79 Å². The van der Waals surface area contributed by atoms with E-state index in [0.717, 1.165) is 48.8 Å².